The van der Waals surface area contributed by atoms with Crippen molar-refractivity contribution in [2.24, 2.45) is 0 Å². The molecule has 0 aliphatic rings. The Balaban J connectivity index is 1.87. The highest BCUT2D eigenvalue weighted by Gasteiger charge is 2.14. The van der Waals surface area contributed by atoms with E-state index in [0.29, 0.717) is 28.5 Å². The number of amides is 2. The van der Waals surface area contributed by atoms with Crippen LogP contribution in [0.3, 0.4) is 0 Å². The summed E-state index contributed by atoms with van der Waals surface area (Å²) >= 11 is 10.0. The number of carbonyl (C=O) groups is 1. The summed E-state index contributed by atoms with van der Waals surface area (Å²) in [6.45, 7) is 2.31. The maximum absolute atomic E-state index is 11.8. The first kappa shape index (κ1) is 17.2. The van der Waals surface area contributed by atoms with Crippen molar-refractivity contribution in [2.75, 3.05) is 16.2 Å². The molecule has 2 N–H and O–H groups in total. The lowest BCUT2D eigenvalue weighted by Gasteiger charge is -2.14. The summed E-state index contributed by atoms with van der Waals surface area (Å²) in [6.07, 6.45) is 1.47. The number of carbonyl (C=O) groups excluding carboxylic acids is 1. The van der Waals surface area contributed by atoms with Crippen molar-refractivity contribution in [1.29, 1.82) is 0 Å². The summed E-state index contributed by atoms with van der Waals surface area (Å²) in [5, 5.41) is 6.46. The molecule has 0 atom stereocenters. The SMILES string of the molecule is CCNC(=O)N(S)c1cnc2ccc(Nc3ccc(Cl)cc3)nc2n1. The van der Waals surface area contributed by atoms with E-state index in [2.05, 4.69) is 38.4 Å². The standard InChI is InChI=1S/C16H15ClN6OS/c1-2-18-16(24)23(25)14-9-19-12-7-8-13(21-15(12)22-14)20-11-5-3-10(17)4-6-11/h3-9,25H,2H2,1H3,(H,18,24)(H,20,21,22). The first-order valence-corrected chi connectivity index (χ1v) is 8.28. The Hall–Kier alpha value is -2.58. The van der Waals surface area contributed by atoms with E-state index >= 15 is 0 Å². The summed E-state index contributed by atoms with van der Waals surface area (Å²) in [6, 6.07) is 10.5. The highest BCUT2D eigenvalue weighted by atomic mass is 35.5. The fourth-order valence-corrected chi connectivity index (χ4v) is 2.36. The van der Waals surface area contributed by atoms with E-state index in [1.165, 1.54) is 6.20 Å². The van der Waals surface area contributed by atoms with Gasteiger partial charge in [-0.15, -0.1) is 0 Å². The molecular weight excluding hydrogens is 360 g/mol. The van der Waals surface area contributed by atoms with Crippen LogP contribution in [0.2, 0.25) is 5.02 Å². The second-order valence-corrected chi connectivity index (χ2v) is 5.88. The third-order valence-electron chi connectivity index (χ3n) is 3.25. The van der Waals surface area contributed by atoms with E-state index in [4.69, 9.17) is 11.6 Å². The van der Waals surface area contributed by atoms with Crippen LogP contribution < -0.4 is 14.9 Å². The molecule has 2 amide bonds. The lowest BCUT2D eigenvalue weighted by atomic mass is 10.3. The highest BCUT2D eigenvalue weighted by Crippen LogP contribution is 2.21. The molecule has 0 saturated carbocycles. The van der Waals surface area contributed by atoms with Crippen molar-refractivity contribution in [3.63, 3.8) is 0 Å². The topological polar surface area (TPSA) is 83.0 Å². The minimum Gasteiger partial charge on any atom is -0.340 e. The van der Waals surface area contributed by atoms with Gasteiger partial charge in [0.1, 0.15) is 11.3 Å². The molecule has 128 valence electrons. The molecule has 0 fully saturated rings. The summed E-state index contributed by atoms with van der Waals surface area (Å²) in [7, 11) is 0. The number of hydrogen-bond donors (Lipinski definition) is 3. The van der Waals surface area contributed by atoms with Gasteiger partial charge in [-0.2, -0.15) is 0 Å². The molecule has 0 aliphatic heterocycles. The van der Waals surface area contributed by atoms with Crippen LogP contribution in [0.1, 0.15) is 6.92 Å². The van der Waals surface area contributed by atoms with Gasteiger partial charge in [-0.1, -0.05) is 24.4 Å². The molecule has 2 aromatic heterocycles. The fraction of sp³-hybridized carbons (Fsp3) is 0.125. The van der Waals surface area contributed by atoms with Crippen LogP contribution in [0.15, 0.2) is 42.6 Å². The van der Waals surface area contributed by atoms with Gasteiger partial charge in [0.05, 0.1) is 6.20 Å². The molecule has 7 nitrogen and oxygen atoms in total. The third-order valence-corrected chi connectivity index (χ3v) is 3.89. The molecule has 2 heterocycles. The number of urea groups is 1. The molecule has 1 aromatic carbocycles. The number of nitrogens with one attached hydrogen (secondary N) is 2. The van der Waals surface area contributed by atoms with E-state index in [1.54, 1.807) is 24.3 Å². The summed E-state index contributed by atoms with van der Waals surface area (Å²) in [5.41, 5.74) is 1.86. The molecule has 3 aromatic rings. The van der Waals surface area contributed by atoms with E-state index < -0.39 is 0 Å². The van der Waals surface area contributed by atoms with E-state index in [0.717, 1.165) is 9.99 Å². The third kappa shape index (κ3) is 4.09. The van der Waals surface area contributed by atoms with Crippen LogP contribution in [0.25, 0.3) is 11.2 Å². The molecular formula is C16H15ClN6OS. The Kier molecular flexibility index (Phi) is 5.20. The fourth-order valence-electron chi connectivity index (χ4n) is 2.07. The van der Waals surface area contributed by atoms with Gasteiger partial charge in [-0.05, 0) is 43.3 Å². The summed E-state index contributed by atoms with van der Waals surface area (Å²) in [4.78, 5) is 24.9. The quantitative estimate of drug-likeness (QED) is 0.605. The van der Waals surface area contributed by atoms with E-state index in [9.17, 15) is 4.79 Å². The van der Waals surface area contributed by atoms with Gasteiger partial charge in [0.15, 0.2) is 11.5 Å². The minimum atomic E-state index is -0.380. The predicted molar refractivity (Wildman–Crippen MR) is 103 cm³/mol. The number of thiol groups is 1. The van der Waals surface area contributed by atoms with Gasteiger partial charge < -0.3 is 10.6 Å². The first-order valence-electron chi connectivity index (χ1n) is 7.50. The Morgan fingerprint density at radius 2 is 1.96 bits per heavy atom. The van der Waals surface area contributed by atoms with Crippen molar-refractivity contribution >= 4 is 58.9 Å². The lowest BCUT2D eigenvalue weighted by Crippen LogP contribution is -2.34. The van der Waals surface area contributed by atoms with Crippen LogP contribution in [0.5, 0.6) is 0 Å². The number of halogens is 1. The molecule has 0 unspecified atom stereocenters. The van der Waals surface area contributed by atoms with E-state index in [1.807, 2.05) is 19.1 Å². The molecule has 0 aliphatic carbocycles. The Morgan fingerprint density at radius 3 is 2.68 bits per heavy atom. The number of aromatic nitrogens is 3. The second-order valence-electron chi connectivity index (χ2n) is 5.05. The van der Waals surface area contributed by atoms with Gasteiger partial charge in [-0.3, -0.25) is 0 Å². The summed E-state index contributed by atoms with van der Waals surface area (Å²) in [5.74, 6) is 0.892. The Labute approximate surface area is 155 Å². The molecule has 0 saturated heterocycles. The van der Waals surface area contributed by atoms with Gasteiger partial charge in [-0.25, -0.2) is 24.1 Å². The number of fused-ring (bicyclic) bond motifs is 1. The van der Waals surface area contributed by atoms with Crippen molar-refractivity contribution in [2.45, 2.75) is 6.92 Å². The number of anilines is 3. The molecule has 0 radical (unpaired) electrons. The maximum atomic E-state index is 11.8. The smallest absolute Gasteiger partial charge is 0.333 e. The zero-order chi connectivity index (χ0) is 17.8. The Morgan fingerprint density at radius 1 is 1.20 bits per heavy atom. The molecule has 0 spiro atoms. The van der Waals surface area contributed by atoms with Crippen LogP contribution in [0, 0.1) is 0 Å². The van der Waals surface area contributed by atoms with Crippen LogP contribution in [0.4, 0.5) is 22.1 Å². The second kappa shape index (κ2) is 7.54. The number of hydrogen-bond acceptors (Lipinski definition) is 6. The van der Waals surface area contributed by atoms with Gasteiger partial charge in [0.25, 0.3) is 0 Å². The monoisotopic (exact) mass is 374 g/mol. The highest BCUT2D eigenvalue weighted by molar-refractivity contribution is 7.82. The van der Waals surface area contributed by atoms with Crippen molar-refractivity contribution in [1.82, 2.24) is 20.3 Å². The zero-order valence-electron chi connectivity index (χ0n) is 13.3. The van der Waals surface area contributed by atoms with E-state index in [-0.39, 0.29) is 11.8 Å². The van der Waals surface area contributed by atoms with Crippen LogP contribution >= 0.6 is 24.4 Å². The van der Waals surface area contributed by atoms with Gasteiger partial charge in [0, 0.05) is 17.3 Å². The maximum Gasteiger partial charge on any atom is 0.333 e. The molecule has 9 heteroatoms. The number of pyridine rings is 1. The van der Waals surface area contributed by atoms with Crippen molar-refractivity contribution < 1.29 is 4.79 Å². The van der Waals surface area contributed by atoms with Crippen LogP contribution in [-0.2, 0) is 0 Å². The Bertz CT molecular complexity index is 905. The normalized spacial score (nSPS) is 10.5. The number of benzene rings is 1. The largest absolute Gasteiger partial charge is 0.340 e. The minimum absolute atomic E-state index is 0.290. The zero-order valence-corrected chi connectivity index (χ0v) is 14.9. The summed E-state index contributed by atoms with van der Waals surface area (Å²) < 4.78 is 1.09. The predicted octanol–water partition coefficient (Wildman–Crippen LogP) is 3.80. The number of rotatable bonds is 4. The average Bonchev–Trinajstić information content (AvgIpc) is 2.62. The van der Waals surface area contributed by atoms with Gasteiger partial charge in [0.2, 0.25) is 0 Å². The van der Waals surface area contributed by atoms with Crippen molar-refractivity contribution in [3.05, 3.63) is 47.6 Å². The number of nitrogens with zero attached hydrogens (tertiary/aromatic N) is 4. The van der Waals surface area contributed by atoms with Crippen molar-refractivity contribution in [3.8, 4) is 0 Å². The van der Waals surface area contributed by atoms with Gasteiger partial charge >= 0.3 is 6.03 Å². The average molecular weight is 375 g/mol. The molecule has 0 bridgehead atoms. The molecule has 3 rings (SSSR count). The molecule has 25 heavy (non-hydrogen) atoms. The lowest BCUT2D eigenvalue weighted by molar-refractivity contribution is 0.250. The van der Waals surface area contributed by atoms with Crippen LogP contribution in [-0.4, -0.2) is 27.5 Å². The first-order chi connectivity index (χ1) is 12.1.